The SMILES string of the molecule is CN(CCNCCCc1c2ccccc2cc2ccccc12)C(=O)CCC1(C)OC[C@@H](CO)N1C(=O)OC(C)(C)C. The first-order valence-electron chi connectivity index (χ1n) is 14.6. The number of hydrogen-bond donors (Lipinski definition) is 2. The molecule has 1 unspecified atom stereocenters. The molecule has 4 rings (SSSR count). The smallest absolute Gasteiger partial charge is 0.412 e. The average Bonchev–Trinajstić information content (AvgIpc) is 3.28. The topological polar surface area (TPSA) is 91.3 Å². The summed E-state index contributed by atoms with van der Waals surface area (Å²) in [6.45, 7) is 9.28. The highest BCUT2D eigenvalue weighted by Crippen LogP contribution is 2.34. The molecule has 1 aliphatic rings. The van der Waals surface area contributed by atoms with Crippen molar-refractivity contribution in [1.29, 1.82) is 0 Å². The maximum absolute atomic E-state index is 12.9. The molecular weight excluding hydrogens is 518 g/mol. The molecular formula is C33H45N3O5. The van der Waals surface area contributed by atoms with Crippen LogP contribution in [0.25, 0.3) is 21.5 Å². The standard InChI is InChI=1S/C33H45N3O5/c1-32(2,3)41-31(39)36-26(22-37)23-40-33(36,4)17-16-30(38)35(5)20-19-34-18-10-15-29-27-13-8-6-11-24(27)21-25-12-7-9-14-28(25)29/h6-9,11-14,21,26,34,37H,10,15-20,22-23H2,1-5H3/t26-,33?/m1/s1. The molecule has 0 aromatic heterocycles. The summed E-state index contributed by atoms with van der Waals surface area (Å²) in [4.78, 5) is 29.0. The third-order valence-electron chi connectivity index (χ3n) is 7.78. The average molecular weight is 564 g/mol. The number of rotatable bonds is 11. The summed E-state index contributed by atoms with van der Waals surface area (Å²) >= 11 is 0. The van der Waals surface area contributed by atoms with Crippen molar-refractivity contribution in [3.8, 4) is 0 Å². The lowest BCUT2D eigenvalue weighted by atomic mass is 9.94. The van der Waals surface area contributed by atoms with Gasteiger partial charge in [-0.15, -0.1) is 0 Å². The van der Waals surface area contributed by atoms with Crippen molar-refractivity contribution in [1.82, 2.24) is 15.1 Å². The van der Waals surface area contributed by atoms with Gasteiger partial charge in [-0.25, -0.2) is 4.79 Å². The van der Waals surface area contributed by atoms with E-state index < -0.39 is 23.5 Å². The Morgan fingerprint density at radius 3 is 2.34 bits per heavy atom. The summed E-state index contributed by atoms with van der Waals surface area (Å²) in [5.74, 6) is -0.0181. The van der Waals surface area contributed by atoms with Crippen LogP contribution in [-0.2, 0) is 20.7 Å². The van der Waals surface area contributed by atoms with Crippen molar-refractivity contribution in [2.45, 2.75) is 70.7 Å². The third-order valence-corrected chi connectivity index (χ3v) is 7.78. The second-order valence-electron chi connectivity index (χ2n) is 12.1. The van der Waals surface area contributed by atoms with E-state index in [1.54, 1.807) is 39.6 Å². The number of aryl methyl sites for hydroxylation is 1. The summed E-state index contributed by atoms with van der Waals surface area (Å²) in [6.07, 6.45) is 1.97. The number of hydrogen-bond acceptors (Lipinski definition) is 6. The molecule has 3 aromatic carbocycles. The largest absolute Gasteiger partial charge is 0.444 e. The van der Waals surface area contributed by atoms with Crippen LogP contribution in [-0.4, -0.2) is 84.2 Å². The molecule has 2 N–H and O–H groups in total. The zero-order chi connectivity index (χ0) is 29.6. The molecule has 3 aromatic rings. The molecule has 2 amide bonds. The number of benzene rings is 3. The molecule has 0 radical (unpaired) electrons. The van der Waals surface area contributed by atoms with E-state index in [0.717, 1.165) is 19.4 Å². The second-order valence-corrected chi connectivity index (χ2v) is 12.1. The van der Waals surface area contributed by atoms with E-state index in [1.807, 2.05) is 0 Å². The predicted molar refractivity (Wildman–Crippen MR) is 163 cm³/mol. The van der Waals surface area contributed by atoms with E-state index in [-0.39, 0.29) is 25.5 Å². The Morgan fingerprint density at radius 1 is 1.10 bits per heavy atom. The summed E-state index contributed by atoms with van der Waals surface area (Å²) in [5.41, 5.74) is -0.304. The first-order chi connectivity index (χ1) is 19.5. The Balaban J connectivity index is 1.23. The molecule has 0 saturated carbocycles. The lowest BCUT2D eigenvalue weighted by Gasteiger charge is -2.37. The minimum atomic E-state index is -1.02. The maximum Gasteiger partial charge on any atom is 0.412 e. The van der Waals surface area contributed by atoms with Gasteiger partial charge in [-0.1, -0.05) is 48.5 Å². The van der Waals surface area contributed by atoms with Gasteiger partial charge in [0.15, 0.2) is 0 Å². The monoisotopic (exact) mass is 563 g/mol. The molecule has 0 aliphatic carbocycles. The van der Waals surface area contributed by atoms with Crippen LogP contribution < -0.4 is 5.32 Å². The number of nitrogens with zero attached hydrogens (tertiary/aromatic N) is 2. The van der Waals surface area contributed by atoms with Gasteiger partial charge in [0.1, 0.15) is 11.3 Å². The minimum absolute atomic E-state index is 0.0181. The lowest BCUT2D eigenvalue weighted by Crippen LogP contribution is -2.52. The number of ether oxygens (including phenoxy) is 2. The van der Waals surface area contributed by atoms with Crippen LogP contribution in [0.1, 0.15) is 52.5 Å². The summed E-state index contributed by atoms with van der Waals surface area (Å²) in [7, 11) is 1.80. The number of aliphatic hydroxyl groups is 1. The second kappa shape index (κ2) is 13.2. The van der Waals surface area contributed by atoms with Gasteiger partial charge in [-0.3, -0.25) is 9.69 Å². The number of carbonyl (C=O) groups excluding carboxylic acids is 2. The minimum Gasteiger partial charge on any atom is -0.444 e. The number of carbonyl (C=O) groups is 2. The zero-order valence-corrected chi connectivity index (χ0v) is 25.1. The highest BCUT2D eigenvalue weighted by Gasteiger charge is 2.48. The molecule has 1 heterocycles. The van der Waals surface area contributed by atoms with Crippen LogP contribution in [0.15, 0.2) is 54.6 Å². The quantitative estimate of drug-likeness (QED) is 0.249. The number of likely N-dealkylation sites (N-methyl/N-ethyl adjacent to an activating group) is 1. The lowest BCUT2D eigenvalue weighted by molar-refractivity contribution is -0.133. The molecule has 1 saturated heterocycles. The molecule has 0 spiro atoms. The first kappa shape index (κ1) is 30.8. The van der Waals surface area contributed by atoms with Gasteiger partial charge in [0.2, 0.25) is 5.91 Å². The Kier molecular flexibility index (Phi) is 9.89. The molecule has 1 aliphatic heterocycles. The molecule has 8 nitrogen and oxygen atoms in total. The number of nitrogens with one attached hydrogen (secondary N) is 1. The Hall–Kier alpha value is -3.20. The molecule has 41 heavy (non-hydrogen) atoms. The van der Waals surface area contributed by atoms with Crippen molar-refractivity contribution in [2.24, 2.45) is 0 Å². The van der Waals surface area contributed by atoms with E-state index in [1.165, 1.54) is 32.0 Å². The van der Waals surface area contributed by atoms with Gasteiger partial charge in [-0.2, -0.15) is 0 Å². The molecule has 222 valence electrons. The molecule has 8 heteroatoms. The summed E-state index contributed by atoms with van der Waals surface area (Å²) in [5, 5.41) is 18.4. The van der Waals surface area contributed by atoms with Crippen molar-refractivity contribution in [2.75, 3.05) is 39.9 Å². The summed E-state index contributed by atoms with van der Waals surface area (Å²) in [6, 6.07) is 18.9. The van der Waals surface area contributed by atoms with E-state index in [4.69, 9.17) is 9.47 Å². The van der Waals surface area contributed by atoms with Crippen molar-refractivity contribution in [3.05, 3.63) is 60.2 Å². The first-order valence-corrected chi connectivity index (χ1v) is 14.6. The Labute approximate surface area is 243 Å². The number of aliphatic hydroxyl groups excluding tert-OH is 1. The molecule has 0 bridgehead atoms. The summed E-state index contributed by atoms with van der Waals surface area (Å²) < 4.78 is 11.5. The Morgan fingerprint density at radius 2 is 1.73 bits per heavy atom. The van der Waals surface area contributed by atoms with E-state index in [0.29, 0.717) is 19.5 Å². The van der Waals surface area contributed by atoms with Gasteiger partial charge in [0.05, 0.1) is 19.3 Å². The van der Waals surface area contributed by atoms with E-state index in [9.17, 15) is 14.7 Å². The van der Waals surface area contributed by atoms with Crippen molar-refractivity contribution < 1.29 is 24.2 Å². The van der Waals surface area contributed by atoms with Crippen molar-refractivity contribution in [3.63, 3.8) is 0 Å². The van der Waals surface area contributed by atoms with Crippen molar-refractivity contribution >= 4 is 33.5 Å². The fourth-order valence-electron chi connectivity index (χ4n) is 5.58. The molecule has 2 atom stereocenters. The van der Waals surface area contributed by atoms with E-state index in [2.05, 4.69) is 59.9 Å². The van der Waals surface area contributed by atoms with E-state index >= 15 is 0 Å². The van der Waals surface area contributed by atoms with Crippen LogP contribution in [0.2, 0.25) is 0 Å². The van der Waals surface area contributed by atoms with Gasteiger partial charge in [0, 0.05) is 33.0 Å². The third kappa shape index (κ3) is 7.56. The van der Waals surface area contributed by atoms with Gasteiger partial charge >= 0.3 is 6.09 Å². The van der Waals surface area contributed by atoms with Gasteiger partial charge in [0.25, 0.3) is 0 Å². The van der Waals surface area contributed by atoms with Gasteiger partial charge in [-0.05, 0) is 80.3 Å². The number of amides is 2. The number of fused-ring (bicyclic) bond motifs is 2. The highest BCUT2D eigenvalue weighted by molar-refractivity contribution is 6.02. The highest BCUT2D eigenvalue weighted by atomic mass is 16.6. The van der Waals surface area contributed by atoms with Crippen LogP contribution in [0, 0.1) is 0 Å². The fraction of sp³-hybridized carbons (Fsp3) is 0.515. The van der Waals surface area contributed by atoms with Crippen LogP contribution in [0.3, 0.4) is 0 Å². The van der Waals surface area contributed by atoms with Crippen LogP contribution in [0.4, 0.5) is 4.79 Å². The zero-order valence-electron chi connectivity index (χ0n) is 25.1. The fourth-order valence-corrected chi connectivity index (χ4v) is 5.58. The maximum atomic E-state index is 12.9. The van der Waals surface area contributed by atoms with Crippen LogP contribution >= 0.6 is 0 Å². The Bertz CT molecular complexity index is 1300. The predicted octanol–water partition coefficient (Wildman–Crippen LogP) is 5.10. The molecule has 1 fully saturated rings. The normalized spacial score (nSPS) is 19.2. The van der Waals surface area contributed by atoms with Crippen LogP contribution in [0.5, 0.6) is 0 Å². The van der Waals surface area contributed by atoms with Gasteiger partial charge < -0.3 is 24.8 Å².